The maximum Gasteiger partial charge on any atom is 0.328 e. The number of hydrogen-bond donors (Lipinski definition) is 9. The molecule has 3 aromatic rings. The molecule has 0 aliphatic rings. The summed E-state index contributed by atoms with van der Waals surface area (Å²) in [6.07, 6.45) is 1.67. The third-order valence-corrected chi connectivity index (χ3v) is 6.07. The summed E-state index contributed by atoms with van der Waals surface area (Å²) in [5, 5.41) is 45.5. The van der Waals surface area contributed by atoms with E-state index in [9.17, 15) is 39.6 Å². The van der Waals surface area contributed by atoms with Gasteiger partial charge in [-0.1, -0.05) is 30.3 Å². The van der Waals surface area contributed by atoms with Gasteiger partial charge in [-0.2, -0.15) is 0 Å². The van der Waals surface area contributed by atoms with E-state index in [-0.39, 0.29) is 18.6 Å². The molecule has 3 amide bonds. The van der Waals surface area contributed by atoms with Gasteiger partial charge in [0.25, 0.3) is 0 Å². The SMILES string of the molecule is NC(Cc1ccc(O)cc1)C(=O)NC(CO)C(=O)NC(Cc1c[nH]c2ccccc12)C(=O)NC(CO)C(=O)O. The van der Waals surface area contributed by atoms with Crippen LogP contribution >= 0.6 is 0 Å². The summed E-state index contributed by atoms with van der Waals surface area (Å²) in [5.74, 6) is -3.94. The van der Waals surface area contributed by atoms with Gasteiger partial charge in [0.2, 0.25) is 17.7 Å². The Balaban J connectivity index is 1.73. The van der Waals surface area contributed by atoms with Crippen molar-refractivity contribution < 1.29 is 39.6 Å². The van der Waals surface area contributed by atoms with Crippen LogP contribution in [0.3, 0.4) is 0 Å². The first-order valence-electron chi connectivity index (χ1n) is 12.1. The smallest absolute Gasteiger partial charge is 0.328 e. The fourth-order valence-electron chi connectivity index (χ4n) is 3.91. The number of hydrogen-bond acceptors (Lipinski definition) is 8. The number of aliphatic carboxylic acids is 1. The Hall–Kier alpha value is -4.46. The largest absolute Gasteiger partial charge is 0.508 e. The molecule has 1 aromatic heterocycles. The highest BCUT2D eigenvalue weighted by Crippen LogP contribution is 2.19. The minimum atomic E-state index is -1.61. The molecule has 0 bridgehead atoms. The van der Waals surface area contributed by atoms with E-state index < -0.39 is 61.1 Å². The Labute approximate surface area is 223 Å². The van der Waals surface area contributed by atoms with Gasteiger partial charge in [-0.3, -0.25) is 14.4 Å². The van der Waals surface area contributed by atoms with Gasteiger partial charge >= 0.3 is 5.97 Å². The van der Waals surface area contributed by atoms with Gasteiger partial charge in [-0.15, -0.1) is 0 Å². The first-order chi connectivity index (χ1) is 18.6. The number of nitrogens with two attached hydrogens (primary N) is 1. The third-order valence-electron chi connectivity index (χ3n) is 6.07. The number of carboxylic acids is 1. The molecule has 0 radical (unpaired) electrons. The predicted molar refractivity (Wildman–Crippen MR) is 139 cm³/mol. The van der Waals surface area contributed by atoms with Crippen LogP contribution in [-0.2, 0) is 32.0 Å². The minimum absolute atomic E-state index is 0.0497. The van der Waals surface area contributed by atoms with Crippen molar-refractivity contribution in [3.8, 4) is 5.75 Å². The molecule has 0 spiro atoms. The van der Waals surface area contributed by atoms with E-state index >= 15 is 0 Å². The Morgan fingerprint density at radius 1 is 0.795 bits per heavy atom. The maximum atomic E-state index is 13.0. The van der Waals surface area contributed by atoms with Crippen LogP contribution in [0.25, 0.3) is 10.9 Å². The number of nitrogens with one attached hydrogen (secondary N) is 4. The standard InChI is InChI=1S/C26H31N5O8/c27-18(9-14-5-7-16(34)8-6-14)23(35)30-21(12-32)25(37)29-20(24(36)31-22(13-33)26(38)39)10-15-11-28-19-4-2-1-3-17(15)19/h1-8,11,18,20-22,28,32-34H,9-10,12-13,27H2,(H,29,37)(H,30,35)(H,31,36)(H,38,39). The lowest BCUT2D eigenvalue weighted by molar-refractivity contribution is -0.143. The van der Waals surface area contributed by atoms with Crippen molar-refractivity contribution in [3.05, 3.63) is 65.9 Å². The van der Waals surface area contributed by atoms with E-state index in [1.54, 1.807) is 30.5 Å². The number of carbonyl (C=O) groups is 4. The highest BCUT2D eigenvalue weighted by atomic mass is 16.4. The number of carboxylic acid groups (broad SMARTS) is 1. The van der Waals surface area contributed by atoms with E-state index in [2.05, 4.69) is 20.9 Å². The monoisotopic (exact) mass is 541 g/mol. The van der Waals surface area contributed by atoms with E-state index in [0.717, 1.165) is 10.9 Å². The van der Waals surface area contributed by atoms with E-state index in [1.807, 2.05) is 12.1 Å². The van der Waals surface area contributed by atoms with Crippen molar-refractivity contribution >= 4 is 34.6 Å². The van der Waals surface area contributed by atoms with Crippen molar-refractivity contribution in [2.45, 2.75) is 37.0 Å². The third kappa shape index (κ3) is 7.77. The summed E-state index contributed by atoms with van der Waals surface area (Å²) < 4.78 is 0. The molecule has 0 saturated carbocycles. The number of amides is 3. The highest BCUT2D eigenvalue weighted by molar-refractivity contribution is 5.95. The number of carbonyl (C=O) groups excluding carboxylic acids is 3. The van der Waals surface area contributed by atoms with Crippen LogP contribution in [0.4, 0.5) is 0 Å². The summed E-state index contributed by atoms with van der Waals surface area (Å²) in [5.41, 5.74) is 8.03. The summed E-state index contributed by atoms with van der Waals surface area (Å²) in [7, 11) is 0. The Morgan fingerprint density at radius 2 is 1.38 bits per heavy atom. The van der Waals surface area contributed by atoms with Crippen molar-refractivity contribution in [2.75, 3.05) is 13.2 Å². The summed E-state index contributed by atoms with van der Waals surface area (Å²) in [4.78, 5) is 53.0. The number of phenolic OH excluding ortho intramolecular Hbond substituents is 1. The van der Waals surface area contributed by atoms with Crippen molar-refractivity contribution in [2.24, 2.45) is 5.73 Å². The molecule has 0 saturated heterocycles. The van der Waals surface area contributed by atoms with Gasteiger partial charge in [-0.25, -0.2) is 4.79 Å². The molecule has 10 N–H and O–H groups in total. The second-order valence-electron chi connectivity index (χ2n) is 8.93. The number of phenols is 1. The Bertz CT molecular complexity index is 1310. The average molecular weight is 542 g/mol. The molecule has 0 aliphatic carbocycles. The van der Waals surface area contributed by atoms with Gasteiger partial charge < -0.3 is 47.1 Å². The molecule has 2 aromatic carbocycles. The number of aromatic amines is 1. The van der Waals surface area contributed by atoms with Crippen LogP contribution in [0.2, 0.25) is 0 Å². The summed E-state index contributed by atoms with van der Waals surface area (Å²) >= 11 is 0. The number of benzene rings is 2. The number of H-pyrrole nitrogens is 1. The lowest BCUT2D eigenvalue weighted by Gasteiger charge is -2.24. The lowest BCUT2D eigenvalue weighted by atomic mass is 10.0. The Morgan fingerprint density at radius 3 is 2.03 bits per heavy atom. The van der Waals surface area contributed by atoms with Crippen LogP contribution in [0.15, 0.2) is 54.7 Å². The molecule has 0 aliphatic heterocycles. The number of fused-ring (bicyclic) bond motifs is 1. The number of aliphatic hydroxyl groups excluding tert-OH is 2. The van der Waals surface area contributed by atoms with Gasteiger partial charge in [0.1, 0.15) is 23.9 Å². The quantitative estimate of drug-likeness (QED) is 0.123. The maximum absolute atomic E-state index is 13.0. The first-order valence-corrected chi connectivity index (χ1v) is 12.1. The molecular weight excluding hydrogens is 510 g/mol. The molecule has 1 heterocycles. The molecule has 208 valence electrons. The molecule has 13 nitrogen and oxygen atoms in total. The lowest BCUT2D eigenvalue weighted by Crippen LogP contribution is -2.59. The van der Waals surface area contributed by atoms with Gasteiger partial charge in [0, 0.05) is 23.5 Å². The second kappa shape index (κ2) is 13.4. The van der Waals surface area contributed by atoms with E-state index in [4.69, 9.17) is 5.73 Å². The summed E-state index contributed by atoms with van der Waals surface area (Å²) in [6, 6.07) is 7.81. The molecule has 39 heavy (non-hydrogen) atoms. The fraction of sp³-hybridized carbons (Fsp3) is 0.308. The van der Waals surface area contributed by atoms with Crippen molar-refractivity contribution in [3.63, 3.8) is 0 Å². The molecule has 3 rings (SSSR count). The van der Waals surface area contributed by atoms with Crippen molar-refractivity contribution in [1.82, 2.24) is 20.9 Å². The normalized spacial score (nSPS) is 14.1. The van der Waals surface area contributed by atoms with Crippen LogP contribution in [0.5, 0.6) is 5.75 Å². The minimum Gasteiger partial charge on any atom is -0.508 e. The van der Waals surface area contributed by atoms with Crippen LogP contribution in [-0.4, -0.2) is 86.5 Å². The van der Waals surface area contributed by atoms with Crippen LogP contribution < -0.4 is 21.7 Å². The van der Waals surface area contributed by atoms with Crippen LogP contribution in [0, 0.1) is 0 Å². The molecule has 0 fully saturated rings. The van der Waals surface area contributed by atoms with E-state index in [0.29, 0.717) is 11.1 Å². The van der Waals surface area contributed by atoms with Gasteiger partial charge in [-0.05, 0) is 35.7 Å². The van der Waals surface area contributed by atoms with Gasteiger partial charge in [0.15, 0.2) is 0 Å². The number of aromatic hydroxyl groups is 1. The summed E-state index contributed by atoms with van der Waals surface area (Å²) in [6.45, 7) is -1.68. The number of rotatable bonds is 13. The first kappa shape index (κ1) is 29.1. The highest BCUT2D eigenvalue weighted by Gasteiger charge is 2.30. The molecule has 13 heteroatoms. The number of aromatic nitrogens is 1. The topological polar surface area (TPSA) is 227 Å². The molecule has 4 unspecified atom stereocenters. The zero-order chi connectivity index (χ0) is 28.5. The average Bonchev–Trinajstić information content (AvgIpc) is 3.33. The fourth-order valence-corrected chi connectivity index (χ4v) is 3.91. The molecule has 4 atom stereocenters. The van der Waals surface area contributed by atoms with Gasteiger partial charge in [0.05, 0.1) is 19.3 Å². The number of aliphatic hydroxyl groups is 2. The zero-order valence-corrected chi connectivity index (χ0v) is 20.8. The zero-order valence-electron chi connectivity index (χ0n) is 20.8. The van der Waals surface area contributed by atoms with Crippen LogP contribution in [0.1, 0.15) is 11.1 Å². The predicted octanol–water partition coefficient (Wildman–Crippen LogP) is -1.49. The second-order valence-corrected chi connectivity index (χ2v) is 8.93. The van der Waals surface area contributed by atoms with Crippen molar-refractivity contribution in [1.29, 1.82) is 0 Å². The van der Waals surface area contributed by atoms with E-state index in [1.165, 1.54) is 12.1 Å². The Kier molecular flexibility index (Phi) is 9.98. The number of para-hydroxylation sites is 1. The molecular formula is C26H31N5O8.